The van der Waals surface area contributed by atoms with E-state index in [0.717, 1.165) is 11.1 Å². The molecule has 0 aliphatic rings. The number of aromatic nitrogens is 3. The summed E-state index contributed by atoms with van der Waals surface area (Å²) in [4.78, 5) is 29.8. The molecule has 3 N–H and O–H groups in total. The lowest BCUT2D eigenvalue weighted by Gasteiger charge is -2.17. The van der Waals surface area contributed by atoms with Crippen LogP contribution in [0.1, 0.15) is 49.7 Å². The number of aryl methyl sites for hydroxylation is 2. The van der Waals surface area contributed by atoms with E-state index in [1.54, 1.807) is 37.3 Å². The molecule has 1 atom stereocenters. The van der Waals surface area contributed by atoms with Crippen molar-refractivity contribution >= 4 is 17.5 Å². The van der Waals surface area contributed by atoms with Gasteiger partial charge in [-0.05, 0) is 49.2 Å². The number of nitrogens with zero attached hydrogens (tertiary/aromatic N) is 2. The van der Waals surface area contributed by atoms with Crippen LogP contribution in [0.25, 0.3) is 0 Å². The van der Waals surface area contributed by atoms with Gasteiger partial charge in [-0.3, -0.25) is 14.7 Å². The summed E-state index contributed by atoms with van der Waals surface area (Å²) in [5.41, 5.74) is 2.60. The summed E-state index contributed by atoms with van der Waals surface area (Å²) in [6.45, 7) is 3.65. The highest BCUT2D eigenvalue weighted by Gasteiger charge is 2.22. The number of hydrogen-bond acceptors (Lipinski definition) is 5. The van der Waals surface area contributed by atoms with Crippen molar-refractivity contribution in [2.45, 2.75) is 19.9 Å². The highest BCUT2D eigenvalue weighted by Crippen LogP contribution is 2.22. The molecule has 0 spiro atoms. The Morgan fingerprint density at radius 2 is 1.81 bits per heavy atom. The van der Waals surface area contributed by atoms with Crippen molar-refractivity contribution in [3.8, 4) is 0 Å². The van der Waals surface area contributed by atoms with Crippen LogP contribution in [0, 0.1) is 13.8 Å². The van der Waals surface area contributed by atoms with Crippen LogP contribution in [0.3, 0.4) is 0 Å². The number of anilines is 1. The Hall–Kier alpha value is -4.20. The molecule has 2 amide bonds. The summed E-state index contributed by atoms with van der Waals surface area (Å²) in [5, 5.41) is 12.8. The van der Waals surface area contributed by atoms with Crippen molar-refractivity contribution in [2.75, 3.05) is 5.32 Å². The third-order valence-electron chi connectivity index (χ3n) is 4.77. The maximum atomic E-state index is 13.1. The lowest BCUT2D eigenvalue weighted by atomic mass is 10.0. The molecule has 1 unspecified atom stereocenters. The van der Waals surface area contributed by atoms with E-state index in [4.69, 9.17) is 4.42 Å². The van der Waals surface area contributed by atoms with Gasteiger partial charge in [0.1, 0.15) is 11.9 Å². The standard InChI is InChI=1S/C23H21N5O3/c1-14-10-11-17(13-18(14)25-23(30)19-9-6-12-31-19)22(29)26-20(16-7-4-3-5-8-16)21-24-15(2)27-28-21/h3-13,20H,1-2H3,(H,25,30)(H,26,29)(H,24,27,28). The number of carbonyl (C=O) groups excluding carboxylic acids is 2. The molecule has 156 valence electrons. The summed E-state index contributed by atoms with van der Waals surface area (Å²) in [7, 11) is 0. The molecule has 0 aliphatic heterocycles. The molecule has 31 heavy (non-hydrogen) atoms. The van der Waals surface area contributed by atoms with Crippen LogP contribution < -0.4 is 10.6 Å². The van der Waals surface area contributed by atoms with E-state index in [9.17, 15) is 9.59 Å². The van der Waals surface area contributed by atoms with E-state index < -0.39 is 6.04 Å². The maximum Gasteiger partial charge on any atom is 0.291 e. The number of hydrogen-bond donors (Lipinski definition) is 3. The predicted molar refractivity (Wildman–Crippen MR) is 115 cm³/mol. The van der Waals surface area contributed by atoms with Gasteiger partial charge in [0.25, 0.3) is 11.8 Å². The monoisotopic (exact) mass is 415 g/mol. The molecule has 8 heteroatoms. The first kappa shape index (κ1) is 20.1. The molecule has 2 aromatic heterocycles. The van der Waals surface area contributed by atoms with Crippen molar-refractivity contribution in [3.63, 3.8) is 0 Å². The minimum Gasteiger partial charge on any atom is -0.459 e. The van der Waals surface area contributed by atoms with Crippen LogP contribution in [-0.2, 0) is 0 Å². The number of furan rings is 1. The van der Waals surface area contributed by atoms with E-state index in [-0.39, 0.29) is 17.6 Å². The zero-order valence-corrected chi connectivity index (χ0v) is 17.0. The quantitative estimate of drug-likeness (QED) is 0.443. The normalized spacial score (nSPS) is 11.7. The predicted octanol–water partition coefficient (Wildman–Crippen LogP) is 3.79. The number of rotatable bonds is 6. The topological polar surface area (TPSA) is 113 Å². The molecule has 0 saturated carbocycles. The lowest BCUT2D eigenvalue weighted by molar-refractivity contribution is 0.0940. The van der Waals surface area contributed by atoms with Crippen LogP contribution in [0.4, 0.5) is 5.69 Å². The maximum absolute atomic E-state index is 13.1. The first-order valence-corrected chi connectivity index (χ1v) is 9.71. The van der Waals surface area contributed by atoms with Gasteiger partial charge in [0.05, 0.1) is 6.26 Å². The van der Waals surface area contributed by atoms with Crippen molar-refractivity contribution in [1.29, 1.82) is 0 Å². The zero-order valence-electron chi connectivity index (χ0n) is 17.0. The second kappa shape index (κ2) is 8.66. The van der Waals surface area contributed by atoms with Crippen molar-refractivity contribution in [1.82, 2.24) is 20.5 Å². The molecule has 4 rings (SSSR count). The summed E-state index contributed by atoms with van der Waals surface area (Å²) < 4.78 is 5.13. The summed E-state index contributed by atoms with van der Waals surface area (Å²) in [6.07, 6.45) is 1.43. The number of amides is 2. The third kappa shape index (κ3) is 4.53. The van der Waals surface area contributed by atoms with Crippen LogP contribution in [0.15, 0.2) is 71.3 Å². The Labute approximate surface area is 178 Å². The zero-order chi connectivity index (χ0) is 21.8. The molecule has 2 aromatic carbocycles. The average molecular weight is 415 g/mol. The lowest BCUT2D eigenvalue weighted by Crippen LogP contribution is -2.30. The van der Waals surface area contributed by atoms with Crippen molar-refractivity contribution in [3.05, 3.63) is 101 Å². The summed E-state index contributed by atoms with van der Waals surface area (Å²) >= 11 is 0. The Balaban J connectivity index is 1.58. The highest BCUT2D eigenvalue weighted by molar-refractivity contribution is 6.04. The van der Waals surface area contributed by atoms with Gasteiger partial charge in [0.15, 0.2) is 11.6 Å². The number of benzene rings is 2. The molecule has 2 heterocycles. The summed E-state index contributed by atoms with van der Waals surface area (Å²) in [5.74, 6) is 0.617. The van der Waals surface area contributed by atoms with Gasteiger partial charge in [0, 0.05) is 11.3 Å². The molecule has 0 aliphatic carbocycles. The fourth-order valence-electron chi connectivity index (χ4n) is 3.14. The number of H-pyrrole nitrogens is 1. The molecule has 0 fully saturated rings. The van der Waals surface area contributed by atoms with Crippen molar-refractivity contribution in [2.24, 2.45) is 0 Å². The SMILES string of the molecule is Cc1nc(C(NC(=O)c2ccc(C)c(NC(=O)c3ccco3)c2)c2ccccc2)n[nH]1. The van der Waals surface area contributed by atoms with Crippen LogP contribution in [0.2, 0.25) is 0 Å². The van der Waals surface area contributed by atoms with Crippen molar-refractivity contribution < 1.29 is 14.0 Å². The minimum absolute atomic E-state index is 0.193. The first-order chi connectivity index (χ1) is 15.0. The van der Waals surface area contributed by atoms with Gasteiger partial charge < -0.3 is 15.1 Å². The molecular formula is C23H21N5O3. The Kier molecular flexibility index (Phi) is 5.61. The van der Waals surface area contributed by atoms with Gasteiger partial charge in [-0.15, -0.1) is 0 Å². The fraction of sp³-hybridized carbons (Fsp3) is 0.130. The Morgan fingerprint density at radius 3 is 2.48 bits per heavy atom. The van der Waals surface area contributed by atoms with Crippen LogP contribution >= 0.6 is 0 Å². The molecule has 0 bridgehead atoms. The smallest absolute Gasteiger partial charge is 0.291 e. The number of carbonyl (C=O) groups is 2. The Morgan fingerprint density at radius 1 is 1.00 bits per heavy atom. The largest absolute Gasteiger partial charge is 0.459 e. The number of nitrogens with one attached hydrogen (secondary N) is 3. The van der Waals surface area contributed by atoms with E-state index in [1.165, 1.54) is 6.26 Å². The summed E-state index contributed by atoms with van der Waals surface area (Å²) in [6, 6.07) is 17.3. The minimum atomic E-state index is -0.527. The number of aromatic amines is 1. The van der Waals surface area contributed by atoms with E-state index >= 15 is 0 Å². The second-order valence-electron chi connectivity index (χ2n) is 7.06. The second-order valence-corrected chi connectivity index (χ2v) is 7.06. The molecular weight excluding hydrogens is 394 g/mol. The molecule has 0 radical (unpaired) electrons. The van der Waals surface area contributed by atoms with Gasteiger partial charge in [-0.1, -0.05) is 36.4 Å². The Bertz CT molecular complexity index is 1200. The average Bonchev–Trinajstić information content (AvgIpc) is 3.46. The van der Waals surface area contributed by atoms with E-state index in [0.29, 0.717) is 22.9 Å². The highest BCUT2D eigenvalue weighted by atomic mass is 16.3. The molecule has 8 nitrogen and oxygen atoms in total. The first-order valence-electron chi connectivity index (χ1n) is 9.71. The van der Waals surface area contributed by atoms with E-state index in [2.05, 4.69) is 25.8 Å². The fourth-order valence-corrected chi connectivity index (χ4v) is 3.14. The third-order valence-corrected chi connectivity index (χ3v) is 4.77. The van der Waals surface area contributed by atoms with Gasteiger partial charge >= 0.3 is 0 Å². The van der Waals surface area contributed by atoms with Gasteiger partial charge in [0.2, 0.25) is 0 Å². The van der Waals surface area contributed by atoms with E-state index in [1.807, 2.05) is 37.3 Å². The molecule has 0 saturated heterocycles. The molecule has 4 aromatic rings. The van der Waals surface area contributed by atoms with Gasteiger partial charge in [-0.25, -0.2) is 4.98 Å². The van der Waals surface area contributed by atoms with Gasteiger partial charge in [-0.2, -0.15) is 5.10 Å². The van der Waals surface area contributed by atoms with Crippen LogP contribution in [-0.4, -0.2) is 27.0 Å². The van der Waals surface area contributed by atoms with Crippen LogP contribution in [0.5, 0.6) is 0 Å².